The highest BCUT2D eigenvalue weighted by Gasteiger charge is 2.16. The predicted molar refractivity (Wildman–Crippen MR) is 84.8 cm³/mol. The predicted octanol–water partition coefficient (Wildman–Crippen LogP) is 1.62. The summed E-state index contributed by atoms with van der Waals surface area (Å²) in [6.45, 7) is 7.24. The van der Waals surface area contributed by atoms with Crippen LogP contribution in [0.15, 0.2) is 24.3 Å². The van der Waals surface area contributed by atoms with Gasteiger partial charge in [-0.05, 0) is 44.5 Å². The zero-order valence-corrected chi connectivity index (χ0v) is 12.8. The normalized spacial score (nSPS) is 19.8. The fourth-order valence-corrected chi connectivity index (χ4v) is 2.52. The van der Waals surface area contributed by atoms with Crippen LogP contribution in [-0.2, 0) is 4.74 Å². The fraction of sp³-hybridized carbons (Fsp3) is 0.562. The van der Waals surface area contributed by atoms with Crippen LogP contribution in [0.1, 0.15) is 30.6 Å². The number of carbonyl (C=O) groups is 1. The highest BCUT2D eigenvalue weighted by Crippen LogP contribution is 2.13. The summed E-state index contributed by atoms with van der Waals surface area (Å²) in [6.07, 6.45) is 1.01. The maximum atomic E-state index is 11.7. The Balaban J connectivity index is 1.83. The number of ether oxygens (including phenoxy) is 1. The molecule has 0 radical (unpaired) electrons. The van der Waals surface area contributed by atoms with Crippen molar-refractivity contribution in [3.63, 3.8) is 0 Å². The molecule has 1 aromatic carbocycles. The molecule has 21 heavy (non-hydrogen) atoms. The van der Waals surface area contributed by atoms with Gasteiger partial charge in [0.05, 0.1) is 13.2 Å². The van der Waals surface area contributed by atoms with Crippen LogP contribution in [-0.4, -0.2) is 44.3 Å². The minimum Gasteiger partial charge on any atom is -0.383 e. The van der Waals surface area contributed by atoms with Crippen molar-refractivity contribution >= 4 is 11.6 Å². The molecule has 1 heterocycles. The van der Waals surface area contributed by atoms with E-state index >= 15 is 0 Å². The summed E-state index contributed by atoms with van der Waals surface area (Å²) in [5.74, 6) is -0.0272. The molecular formula is C16H25N3O2. The summed E-state index contributed by atoms with van der Waals surface area (Å²) in [6, 6.07) is 8.36. The molecule has 2 atom stereocenters. The lowest BCUT2D eigenvalue weighted by molar-refractivity contribution is 0.0731. The zero-order valence-electron chi connectivity index (χ0n) is 12.8. The first-order chi connectivity index (χ1) is 10.2. The van der Waals surface area contributed by atoms with E-state index in [0.29, 0.717) is 24.2 Å². The van der Waals surface area contributed by atoms with Crippen LogP contribution in [0, 0.1) is 0 Å². The largest absolute Gasteiger partial charge is 0.383 e. The van der Waals surface area contributed by atoms with E-state index in [1.165, 1.54) is 0 Å². The van der Waals surface area contributed by atoms with Gasteiger partial charge in [-0.1, -0.05) is 0 Å². The van der Waals surface area contributed by atoms with Gasteiger partial charge in [-0.2, -0.15) is 0 Å². The van der Waals surface area contributed by atoms with Gasteiger partial charge in [-0.25, -0.2) is 0 Å². The second-order valence-corrected chi connectivity index (χ2v) is 5.44. The maximum absolute atomic E-state index is 11.7. The van der Waals surface area contributed by atoms with Gasteiger partial charge in [0.25, 0.3) is 5.91 Å². The van der Waals surface area contributed by atoms with E-state index in [2.05, 4.69) is 22.9 Å². The summed E-state index contributed by atoms with van der Waals surface area (Å²) < 4.78 is 5.46. The Labute approximate surface area is 126 Å². The average molecular weight is 291 g/mol. The highest BCUT2D eigenvalue weighted by molar-refractivity contribution is 5.94. The summed E-state index contributed by atoms with van der Waals surface area (Å²) in [5.41, 5.74) is 1.73. The molecule has 0 bridgehead atoms. The van der Waals surface area contributed by atoms with Crippen molar-refractivity contribution in [3.05, 3.63) is 29.8 Å². The average Bonchev–Trinajstić information content (AvgIpc) is 2.49. The van der Waals surface area contributed by atoms with Gasteiger partial charge in [0.15, 0.2) is 0 Å². The van der Waals surface area contributed by atoms with E-state index in [0.717, 1.165) is 31.9 Å². The van der Waals surface area contributed by atoms with E-state index in [4.69, 9.17) is 4.74 Å². The first-order valence-electron chi connectivity index (χ1n) is 7.65. The Morgan fingerprint density at radius 3 is 2.81 bits per heavy atom. The van der Waals surface area contributed by atoms with Crippen LogP contribution in [0.25, 0.3) is 0 Å². The standard InChI is InChI=1S/C16H25N3O2/c1-3-17-16(20)13-4-6-14(7-5-13)19-12(2)10-15-11-21-9-8-18-15/h4-7,12,15,18-19H,3,8-11H2,1-2H3,(H,17,20). The van der Waals surface area contributed by atoms with Gasteiger partial charge in [0, 0.05) is 36.4 Å². The van der Waals surface area contributed by atoms with Crippen LogP contribution in [0.4, 0.5) is 5.69 Å². The number of morpholine rings is 1. The molecule has 1 amide bonds. The number of rotatable bonds is 6. The fourth-order valence-electron chi connectivity index (χ4n) is 2.52. The van der Waals surface area contributed by atoms with Crippen molar-refractivity contribution in [3.8, 4) is 0 Å². The van der Waals surface area contributed by atoms with Crippen molar-refractivity contribution in [1.82, 2.24) is 10.6 Å². The molecule has 1 aliphatic rings. The van der Waals surface area contributed by atoms with Crippen molar-refractivity contribution < 1.29 is 9.53 Å². The number of hydrogen-bond donors (Lipinski definition) is 3. The van der Waals surface area contributed by atoms with E-state index in [9.17, 15) is 4.79 Å². The lowest BCUT2D eigenvalue weighted by Gasteiger charge is -2.27. The van der Waals surface area contributed by atoms with Crippen LogP contribution in [0.2, 0.25) is 0 Å². The van der Waals surface area contributed by atoms with Crippen LogP contribution < -0.4 is 16.0 Å². The van der Waals surface area contributed by atoms with Crippen molar-refractivity contribution in [2.24, 2.45) is 0 Å². The number of nitrogens with one attached hydrogen (secondary N) is 3. The van der Waals surface area contributed by atoms with Gasteiger partial charge in [-0.3, -0.25) is 4.79 Å². The molecule has 0 saturated carbocycles. The second-order valence-electron chi connectivity index (χ2n) is 5.44. The molecule has 5 nitrogen and oxygen atoms in total. The molecule has 1 aliphatic heterocycles. The quantitative estimate of drug-likeness (QED) is 0.745. The Morgan fingerprint density at radius 1 is 1.43 bits per heavy atom. The molecule has 0 aliphatic carbocycles. The molecule has 1 aromatic rings. The molecule has 0 spiro atoms. The third-order valence-electron chi connectivity index (χ3n) is 3.53. The van der Waals surface area contributed by atoms with Gasteiger partial charge in [0.1, 0.15) is 0 Å². The molecule has 2 unspecified atom stereocenters. The first kappa shape index (κ1) is 15.8. The lowest BCUT2D eigenvalue weighted by Crippen LogP contribution is -2.43. The second kappa shape index (κ2) is 8.00. The highest BCUT2D eigenvalue weighted by atomic mass is 16.5. The van der Waals surface area contributed by atoms with E-state index < -0.39 is 0 Å². The smallest absolute Gasteiger partial charge is 0.251 e. The van der Waals surface area contributed by atoms with Crippen molar-refractivity contribution in [2.45, 2.75) is 32.4 Å². The van der Waals surface area contributed by atoms with Crippen molar-refractivity contribution in [2.75, 3.05) is 31.6 Å². The third-order valence-corrected chi connectivity index (χ3v) is 3.53. The third kappa shape index (κ3) is 5.02. The van der Waals surface area contributed by atoms with Gasteiger partial charge >= 0.3 is 0 Å². The Hall–Kier alpha value is -1.59. The molecule has 1 saturated heterocycles. The van der Waals surface area contributed by atoms with Crippen LogP contribution >= 0.6 is 0 Å². The molecule has 3 N–H and O–H groups in total. The van der Waals surface area contributed by atoms with E-state index in [-0.39, 0.29) is 5.91 Å². The zero-order chi connectivity index (χ0) is 15.1. The summed E-state index contributed by atoms with van der Waals surface area (Å²) in [7, 11) is 0. The summed E-state index contributed by atoms with van der Waals surface area (Å²) in [4.78, 5) is 11.7. The van der Waals surface area contributed by atoms with E-state index in [1.807, 2.05) is 31.2 Å². The van der Waals surface area contributed by atoms with Crippen LogP contribution in [0.3, 0.4) is 0 Å². The minimum atomic E-state index is -0.0272. The Bertz CT molecular complexity index is 441. The van der Waals surface area contributed by atoms with E-state index in [1.54, 1.807) is 0 Å². The topological polar surface area (TPSA) is 62.4 Å². The van der Waals surface area contributed by atoms with Gasteiger partial charge in [0.2, 0.25) is 0 Å². The minimum absolute atomic E-state index is 0.0272. The Morgan fingerprint density at radius 2 is 2.19 bits per heavy atom. The number of benzene rings is 1. The van der Waals surface area contributed by atoms with Crippen molar-refractivity contribution in [1.29, 1.82) is 0 Å². The molecule has 116 valence electrons. The molecular weight excluding hydrogens is 266 g/mol. The number of carbonyl (C=O) groups excluding carboxylic acids is 1. The molecule has 0 aromatic heterocycles. The van der Waals surface area contributed by atoms with Gasteiger partial charge in [-0.15, -0.1) is 0 Å². The molecule has 2 rings (SSSR count). The summed E-state index contributed by atoms with van der Waals surface area (Å²) >= 11 is 0. The SMILES string of the molecule is CCNC(=O)c1ccc(NC(C)CC2COCCN2)cc1. The number of amides is 1. The maximum Gasteiger partial charge on any atom is 0.251 e. The lowest BCUT2D eigenvalue weighted by atomic mass is 10.1. The number of anilines is 1. The van der Waals surface area contributed by atoms with Crippen LogP contribution in [0.5, 0.6) is 0 Å². The Kier molecular flexibility index (Phi) is 6.02. The molecule has 1 fully saturated rings. The monoisotopic (exact) mass is 291 g/mol. The molecule has 5 heteroatoms. The first-order valence-corrected chi connectivity index (χ1v) is 7.65. The summed E-state index contributed by atoms with van der Waals surface area (Å²) in [5, 5.41) is 9.71. The van der Waals surface area contributed by atoms with Gasteiger partial charge < -0.3 is 20.7 Å². The number of hydrogen-bond acceptors (Lipinski definition) is 4.